The summed E-state index contributed by atoms with van der Waals surface area (Å²) in [7, 11) is 2.22. The first kappa shape index (κ1) is 34.7. The molecule has 11 aromatic rings. The predicted octanol–water partition coefficient (Wildman–Crippen LogP) is 14.8. The van der Waals surface area contributed by atoms with E-state index in [2.05, 4.69) is 176 Å². The molecule has 0 saturated carbocycles. The Balaban J connectivity index is 1.15. The van der Waals surface area contributed by atoms with E-state index in [1.165, 1.54) is 22.4 Å². The smallest absolute Gasteiger partial charge is 0.143 e. The zero-order valence-electron chi connectivity index (χ0n) is 33.3. The molecular weight excluding hydrogens is 737 g/mol. The van der Waals surface area contributed by atoms with Crippen LogP contribution in [0.2, 0.25) is 0 Å². The Morgan fingerprint density at radius 3 is 1.75 bits per heavy atom. The molecule has 4 heterocycles. The molecule has 8 aromatic carbocycles. The van der Waals surface area contributed by atoms with E-state index in [9.17, 15) is 0 Å². The first-order valence-electron chi connectivity index (χ1n) is 20.7. The van der Waals surface area contributed by atoms with Crippen LogP contribution in [0.1, 0.15) is 42.2 Å². The molecule has 5 nitrogen and oxygen atoms in total. The number of hydrogen-bond acceptors (Lipinski definition) is 5. The van der Waals surface area contributed by atoms with E-state index in [0.717, 1.165) is 100 Å². The average molecular weight is 777 g/mol. The summed E-state index contributed by atoms with van der Waals surface area (Å²) in [6, 6.07) is 62.2. The summed E-state index contributed by atoms with van der Waals surface area (Å²) in [5, 5.41) is 10.6. The van der Waals surface area contributed by atoms with Gasteiger partial charge in [0.1, 0.15) is 39.7 Å². The van der Waals surface area contributed by atoms with Crippen molar-refractivity contribution in [1.82, 2.24) is 10.2 Å². The maximum Gasteiger partial charge on any atom is 0.143 e. The minimum absolute atomic E-state index is 0.0794. The van der Waals surface area contributed by atoms with Gasteiger partial charge in [-0.25, -0.2) is 0 Å². The number of nitrogens with one attached hydrogen (secondary N) is 1. The Labute approximate surface area is 346 Å². The maximum absolute atomic E-state index is 7.11. The van der Waals surface area contributed by atoms with Gasteiger partial charge in [0.15, 0.2) is 0 Å². The molecule has 2 unspecified atom stereocenters. The lowest BCUT2D eigenvalue weighted by atomic mass is 9.92. The summed E-state index contributed by atoms with van der Waals surface area (Å²) in [5.74, 6) is 0. The number of para-hydroxylation sites is 4. The van der Waals surface area contributed by atoms with Crippen molar-refractivity contribution in [1.29, 1.82) is 0 Å². The van der Waals surface area contributed by atoms with Crippen LogP contribution in [0, 0.1) is 0 Å². The molecule has 12 rings (SSSR count). The normalized spacial score (nSPS) is 16.3. The van der Waals surface area contributed by atoms with Crippen molar-refractivity contribution >= 4 is 71.5 Å². The van der Waals surface area contributed by atoms with Crippen LogP contribution in [0.25, 0.3) is 93.8 Å². The van der Waals surface area contributed by atoms with Crippen LogP contribution in [0.3, 0.4) is 0 Å². The fourth-order valence-electron chi connectivity index (χ4n) is 9.91. The molecule has 0 spiro atoms. The number of furan rings is 3. The molecule has 3 aromatic heterocycles. The van der Waals surface area contributed by atoms with Crippen LogP contribution < -0.4 is 5.32 Å². The van der Waals surface area contributed by atoms with Crippen molar-refractivity contribution in [2.24, 2.45) is 0 Å². The molecule has 288 valence electrons. The minimum Gasteiger partial charge on any atom is -0.455 e. The van der Waals surface area contributed by atoms with Crippen molar-refractivity contribution < 1.29 is 13.3 Å². The zero-order chi connectivity index (χ0) is 39.9. The van der Waals surface area contributed by atoms with Crippen LogP contribution in [-0.4, -0.2) is 11.9 Å². The number of nitrogens with zero attached hydrogens (tertiary/aromatic N) is 1. The van der Waals surface area contributed by atoms with Gasteiger partial charge in [-0.1, -0.05) is 146 Å². The summed E-state index contributed by atoms with van der Waals surface area (Å²) >= 11 is 0. The second kappa shape index (κ2) is 13.6. The largest absolute Gasteiger partial charge is 0.455 e. The van der Waals surface area contributed by atoms with Crippen LogP contribution in [0.15, 0.2) is 195 Å². The Hall–Kier alpha value is -7.34. The van der Waals surface area contributed by atoms with Gasteiger partial charge in [-0.3, -0.25) is 5.32 Å². The molecule has 0 amide bonds. The SMILES string of the molecule is CC1=C(c2ccccc2)N(C)C(c2cccc3oc4c(-c5cccc6c5oc5ccccc56)cc(-c5cccc6c5oc5ccccc56)cc4c23)NC(c2ccccc2)C1. The summed E-state index contributed by atoms with van der Waals surface area (Å²) in [6.45, 7) is 2.28. The monoisotopic (exact) mass is 776 g/mol. The maximum atomic E-state index is 7.11. The molecule has 0 saturated heterocycles. The topological polar surface area (TPSA) is 54.7 Å². The number of fused-ring (bicyclic) bond motifs is 9. The molecule has 5 heteroatoms. The van der Waals surface area contributed by atoms with E-state index in [4.69, 9.17) is 13.3 Å². The molecular formula is C55H40N2O3. The van der Waals surface area contributed by atoms with E-state index >= 15 is 0 Å². The van der Waals surface area contributed by atoms with Crippen molar-refractivity contribution in [3.8, 4) is 22.3 Å². The van der Waals surface area contributed by atoms with Gasteiger partial charge in [0, 0.05) is 73.4 Å². The lowest BCUT2D eigenvalue weighted by Gasteiger charge is -2.34. The highest BCUT2D eigenvalue weighted by Gasteiger charge is 2.32. The fourth-order valence-corrected chi connectivity index (χ4v) is 9.91. The molecule has 0 bridgehead atoms. The highest BCUT2D eigenvalue weighted by molar-refractivity contribution is 6.18. The van der Waals surface area contributed by atoms with Gasteiger partial charge in [0.2, 0.25) is 0 Å². The third-order valence-electron chi connectivity index (χ3n) is 12.6. The Morgan fingerprint density at radius 1 is 0.483 bits per heavy atom. The summed E-state index contributed by atoms with van der Waals surface area (Å²) in [5.41, 5.74) is 15.2. The third-order valence-corrected chi connectivity index (χ3v) is 12.6. The lowest BCUT2D eigenvalue weighted by molar-refractivity contribution is 0.279. The molecule has 0 radical (unpaired) electrons. The Kier molecular flexibility index (Phi) is 7.87. The van der Waals surface area contributed by atoms with Gasteiger partial charge in [-0.2, -0.15) is 0 Å². The zero-order valence-corrected chi connectivity index (χ0v) is 33.3. The third kappa shape index (κ3) is 5.36. The fraction of sp³-hybridized carbons (Fsp3) is 0.0909. The standard InChI is InChI=1S/C55H40N2O3/c1-33-30-46(34-16-5-3-6-17-34)56-55(57(2)51(33)35-18-7-4-8-19-35)43-26-15-29-49-50(43)45-32-36(37-22-13-23-40-38-20-9-11-27-47(38)58-52(37)40)31-44(54(45)60-49)42-25-14-24-41-39-21-10-12-28-48(39)59-53(41)42/h3-29,31-32,46,55-56H,30H2,1-2H3. The number of hydrogen-bond donors (Lipinski definition) is 1. The molecule has 60 heavy (non-hydrogen) atoms. The van der Waals surface area contributed by atoms with E-state index < -0.39 is 0 Å². The first-order chi connectivity index (χ1) is 29.6. The van der Waals surface area contributed by atoms with Gasteiger partial charge in [-0.05, 0) is 65.9 Å². The quantitative estimate of drug-likeness (QED) is 0.189. The summed E-state index contributed by atoms with van der Waals surface area (Å²) in [6.07, 6.45) is 0.672. The minimum atomic E-state index is -0.197. The molecule has 1 N–H and O–H groups in total. The number of rotatable bonds is 5. The first-order valence-corrected chi connectivity index (χ1v) is 20.7. The van der Waals surface area contributed by atoms with Gasteiger partial charge in [-0.15, -0.1) is 0 Å². The van der Waals surface area contributed by atoms with Gasteiger partial charge < -0.3 is 18.2 Å². The number of benzene rings is 8. The summed E-state index contributed by atoms with van der Waals surface area (Å²) in [4.78, 5) is 2.43. The lowest BCUT2D eigenvalue weighted by Crippen LogP contribution is -2.35. The van der Waals surface area contributed by atoms with E-state index in [1.807, 2.05) is 24.3 Å². The molecule has 0 fully saturated rings. The van der Waals surface area contributed by atoms with Crippen molar-refractivity contribution in [2.45, 2.75) is 25.6 Å². The second-order valence-corrected chi connectivity index (χ2v) is 16.1. The van der Waals surface area contributed by atoms with Crippen LogP contribution in [0.5, 0.6) is 0 Å². The molecule has 1 aliphatic rings. The van der Waals surface area contributed by atoms with Crippen LogP contribution >= 0.6 is 0 Å². The molecule has 0 aliphatic carbocycles. The average Bonchev–Trinajstić information content (AvgIpc) is 3.97. The van der Waals surface area contributed by atoms with Gasteiger partial charge in [0.05, 0.1) is 0 Å². The molecule has 1 aliphatic heterocycles. The van der Waals surface area contributed by atoms with Crippen molar-refractivity contribution in [3.05, 3.63) is 198 Å². The highest BCUT2D eigenvalue weighted by Crippen LogP contribution is 2.48. The predicted molar refractivity (Wildman–Crippen MR) is 246 cm³/mol. The van der Waals surface area contributed by atoms with Crippen molar-refractivity contribution in [3.63, 3.8) is 0 Å². The summed E-state index contributed by atoms with van der Waals surface area (Å²) < 4.78 is 20.5. The highest BCUT2D eigenvalue weighted by atomic mass is 16.3. The van der Waals surface area contributed by atoms with Crippen LogP contribution in [0.4, 0.5) is 0 Å². The van der Waals surface area contributed by atoms with E-state index in [0.29, 0.717) is 0 Å². The van der Waals surface area contributed by atoms with E-state index in [-0.39, 0.29) is 12.2 Å². The van der Waals surface area contributed by atoms with Gasteiger partial charge in [0.25, 0.3) is 0 Å². The van der Waals surface area contributed by atoms with Crippen molar-refractivity contribution in [2.75, 3.05) is 7.05 Å². The second-order valence-electron chi connectivity index (χ2n) is 16.1. The van der Waals surface area contributed by atoms with E-state index in [1.54, 1.807) is 0 Å². The van der Waals surface area contributed by atoms with Crippen LogP contribution in [-0.2, 0) is 0 Å². The van der Waals surface area contributed by atoms with Gasteiger partial charge >= 0.3 is 0 Å². The molecule has 2 atom stereocenters. The Morgan fingerprint density at radius 2 is 1.03 bits per heavy atom. The Bertz CT molecular complexity index is 3480.